The van der Waals surface area contributed by atoms with Crippen LogP contribution in [0.1, 0.15) is 61.4 Å². The monoisotopic (exact) mass is 617 g/mol. The fourth-order valence-corrected chi connectivity index (χ4v) is 6.94. The van der Waals surface area contributed by atoms with Crippen LogP contribution < -0.4 is 20.5 Å². The lowest BCUT2D eigenvalue weighted by molar-refractivity contribution is 0.146. The van der Waals surface area contributed by atoms with Gasteiger partial charge in [-0.1, -0.05) is 31.7 Å². The third-order valence-corrected chi connectivity index (χ3v) is 9.98. The molecule has 11 heteroatoms. The van der Waals surface area contributed by atoms with Crippen LogP contribution in [0.2, 0.25) is 0 Å². The lowest BCUT2D eigenvalue weighted by atomic mass is 9.82. The van der Waals surface area contributed by atoms with Crippen LogP contribution in [-0.2, 0) is 22.9 Å². The molecule has 2 aromatic carbocycles. The van der Waals surface area contributed by atoms with Crippen molar-refractivity contribution in [3.63, 3.8) is 0 Å². The molecule has 0 bridgehead atoms. The lowest BCUT2D eigenvalue weighted by Gasteiger charge is -2.27. The van der Waals surface area contributed by atoms with Gasteiger partial charge in [-0.25, -0.2) is 13.2 Å². The van der Waals surface area contributed by atoms with E-state index in [-0.39, 0.29) is 16.7 Å². The van der Waals surface area contributed by atoms with Gasteiger partial charge < -0.3 is 20.1 Å². The Morgan fingerprint density at radius 2 is 1.95 bits per heavy atom. The number of benzene rings is 2. The van der Waals surface area contributed by atoms with E-state index in [9.17, 15) is 18.3 Å². The van der Waals surface area contributed by atoms with Crippen LogP contribution in [-0.4, -0.2) is 47.3 Å². The van der Waals surface area contributed by atoms with Crippen LogP contribution in [0, 0.1) is 5.92 Å². The van der Waals surface area contributed by atoms with Gasteiger partial charge in [-0.3, -0.25) is 14.3 Å². The molecule has 10 nitrogen and oxygen atoms in total. The minimum Gasteiger partial charge on any atom is -0.489 e. The standard InChI is InChI=1S/C33H39N5O5S/c39-31(25-7-3-17-34-19-25)21-35-20-29-14-9-24-18-30(15-16-32(24)43-29)44(41,42)37-26-10-12-28(13-11-26)38-22-27(36-33(38)40)8-2-6-23-4-1-5-23/h3,7,10-13,15-19,22-23,29,31,35,37,39H,1-2,4-6,8-9,14,20-21H2,(H,36,40). The predicted molar refractivity (Wildman–Crippen MR) is 169 cm³/mol. The van der Waals surface area contributed by atoms with Gasteiger partial charge in [0.1, 0.15) is 11.9 Å². The van der Waals surface area contributed by atoms with Crippen LogP contribution in [0.15, 0.2) is 82.9 Å². The summed E-state index contributed by atoms with van der Waals surface area (Å²) < 4.78 is 36.7. The van der Waals surface area contributed by atoms with Crippen molar-refractivity contribution in [2.24, 2.45) is 5.92 Å². The lowest BCUT2D eigenvalue weighted by Crippen LogP contribution is -2.36. The van der Waals surface area contributed by atoms with Crippen molar-refractivity contribution >= 4 is 15.7 Å². The molecule has 6 rings (SSSR count). The number of fused-ring (bicyclic) bond motifs is 1. The zero-order chi connectivity index (χ0) is 30.5. The number of aromatic nitrogens is 3. The summed E-state index contributed by atoms with van der Waals surface area (Å²) in [6, 6.07) is 15.3. The van der Waals surface area contributed by atoms with Crippen molar-refractivity contribution in [2.45, 2.75) is 68.5 Å². The number of nitrogens with one attached hydrogen (secondary N) is 3. The van der Waals surface area contributed by atoms with Gasteiger partial charge in [0.15, 0.2) is 0 Å². The number of sulfonamides is 1. The molecule has 232 valence electrons. The molecule has 0 spiro atoms. The maximum absolute atomic E-state index is 13.2. The Morgan fingerprint density at radius 3 is 2.70 bits per heavy atom. The average molecular weight is 618 g/mol. The van der Waals surface area contributed by atoms with Crippen molar-refractivity contribution in [3.05, 3.63) is 100 Å². The summed E-state index contributed by atoms with van der Waals surface area (Å²) in [5, 5.41) is 13.6. The molecule has 3 heterocycles. The Kier molecular flexibility index (Phi) is 9.15. The normalized spacial score (nSPS) is 17.3. The highest BCUT2D eigenvalue weighted by molar-refractivity contribution is 7.92. The van der Waals surface area contributed by atoms with Crippen molar-refractivity contribution < 1.29 is 18.3 Å². The number of anilines is 1. The summed E-state index contributed by atoms with van der Waals surface area (Å²) in [5.41, 5.74) is 3.38. The van der Waals surface area contributed by atoms with Gasteiger partial charge in [0.2, 0.25) is 0 Å². The molecule has 1 aliphatic carbocycles. The highest BCUT2D eigenvalue weighted by Gasteiger charge is 2.23. The van der Waals surface area contributed by atoms with Crippen molar-refractivity contribution in [1.82, 2.24) is 19.9 Å². The molecule has 0 amide bonds. The molecule has 2 atom stereocenters. The van der Waals surface area contributed by atoms with E-state index in [2.05, 4.69) is 20.0 Å². The van der Waals surface area contributed by atoms with Crippen molar-refractivity contribution in [1.29, 1.82) is 0 Å². The highest BCUT2D eigenvalue weighted by atomic mass is 32.2. The Bertz CT molecular complexity index is 1720. The molecule has 1 fully saturated rings. The van der Waals surface area contributed by atoms with Gasteiger partial charge in [0.05, 0.1) is 16.7 Å². The molecule has 0 saturated heterocycles. The molecular weight excluding hydrogens is 578 g/mol. The van der Waals surface area contributed by atoms with Gasteiger partial charge in [-0.05, 0) is 85.7 Å². The van der Waals surface area contributed by atoms with E-state index in [1.807, 2.05) is 12.3 Å². The fraction of sp³-hybridized carbons (Fsp3) is 0.394. The van der Waals surface area contributed by atoms with Gasteiger partial charge in [-0.2, -0.15) is 0 Å². The topological polar surface area (TPSA) is 138 Å². The number of hydrogen-bond acceptors (Lipinski definition) is 7. The molecule has 1 aliphatic heterocycles. The molecule has 0 radical (unpaired) electrons. The molecule has 4 N–H and O–H groups in total. The smallest absolute Gasteiger partial charge is 0.330 e. The second-order valence-electron chi connectivity index (χ2n) is 11.8. The quantitative estimate of drug-likeness (QED) is 0.173. The fourth-order valence-electron chi connectivity index (χ4n) is 5.83. The Morgan fingerprint density at radius 1 is 1.11 bits per heavy atom. The molecular formula is C33H39N5O5S. The zero-order valence-electron chi connectivity index (χ0n) is 24.6. The first kappa shape index (κ1) is 30.1. The van der Waals surface area contributed by atoms with Gasteiger partial charge in [-0.15, -0.1) is 0 Å². The number of aromatic amines is 1. The number of pyridine rings is 1. The van der Waals surface area contributed by atoms with Gasteiger partial charge in [0.25, 0.3) is 10.0 Å². The first-order valence-electron chi connectivity index (χ1n) is 15.4. The van der Waals surface area contributed by atoms with E-state index < -0.39 is 16.1 Å². The zero-order valence-corrected chi connectivity index (χ0v) is 25.4. The number of nitrogens with zero attached hydrogens (tertiary/aromatic N) is 2. The van der Waals surface area contributed by atoms with E-state index in [1.165, 1.54) is 25.7 Å². The first-order chi connectivity index (χ1) is 21.3. The SMILES string of the molecule is O=c1[nH]c(CCCC2CCC2)cn1-c1ccc(NS(=O)(=O)c2ccc3c(c2)CCC(CNCC(O)c2cccnc2)O3)cc1. The Hall–Kier alpha value is -3.93. The molecule has 1 saturated carbocycles. The van der Waals surface area contributed by atoms with Gasteiger partial charge in [0, 0.05) is 48.6 Å². The minimum atomic E-state index is -3.83. The second-order valence-corrected chi connectivity index (χ2v) is 13.5. The summed E-state index contributed by atoms with van der Waals surface area (Å²) >= 11 is 0. The first-order valence-corrected chi connectivity index (χ1v) is 16.8. The predicted octanol–water partition coefficient (Wildman–Crippen LogP) is 4.50. The molecule has 4 aromatic rings. The Labute approximate surface area is 257 Å². The average Bonchev–Trinajstić information content (AvgIpc) is 3.38. The van der Waals surface area contributed by atoms with Crippen LogP contribution in [0.3, 0.4) is 0 Å². The molecule has 2 aliphatic rings. The second kappa shape index (κ2) is 13.4. The Balaban J connectivity index is 1.02. The number of rotatable bonds is 13. The van der Waals surface area contributed by atoms with Crippen molar-refractivity contribution in [3.8, 4) is 11.4 Å². The minimum absolute atomic E-state index is 0.0846. The van der Waals surface area contributed by atoms with E-state index in [0.29, 0.717) is 36.6 Å². The number of imidazole rings is 1. The molecule has 2 unspecified atom stereocenters. The van der Waals surface area contributed by atoms with Crippen LogP contribution in [0.4, 0.5) is 5.69 Å². The summed E-state index contributed by atoms with van der Waals surface area (Å²) in [6.45, 7) is 0.941. The maximum Gasteiger partial charge on any atom is 0.330 e. The highest BCUT2D eigenvalue weighted by Crippen LogP contribution is 2.32. The van der Waals surface area contributed by atoms with Gasteiger partial charge >= 0.3 is 5.69 Å². The van der Waals surface area contributed by atoms with Crippen molar-refractivity contribution in [2.75, 3.05) is 17.8 Å². The number of ether oxygens (including phenoxy) is 1. The van der Waals surface area contributed by atoms with E-state index in [1.54, 1.807) is 65.5 Å². The van der Waals surface area contributed by atoms with E-state index in [4.69, 9.17) is 4.74 Å². The summed E-state index contributed by atoms with van der Waals surface area (Å²) in [5.74, 6) is 1.51. The third kappa shape index (κ3) is 7.23. The maximum atomic E-state index is 13.2. The van der Waals surface area contributed by atoms with Crippen LogP contribution in [0.25, 0.3) is 5.69 Å². The van der Waals surface area contributed by atoms with Crippen LogP contribution >= 0.6 is 0 Å². The van der Waals surface area contributed by atoms with Crippen LogP contribution in [0.5, 0.6) is 5.75 Å². The number of H-pyrrole nitrogens is 1. The number of aliphatic hydroxyl groups is 1. The molecule has 2 aromatic heterocycles. The summed E-state index contributed by atoms with van der Waals surface area (Å²) in [7, 11) is -3.83. The number of hydrogen-bond donors (Lipinski definition) is 4. The largest absolute Gasteiger partial charge is 0.489 e. The summed E-state index contributed by atoms with van der Waals surface area (Å²) in [6.07, 6.45) is 12.9. The number of aliphatic hydroxyl groups excluding tert-OH is 1. The number of aryl methyl sites for hydroxylation is 2. The summed E-state index contributed by atoms with van der Waals surface area (Å²) in [4.78, 5) is 19.7. The third-order valence-electron chi connectivity index (χ3n) is 8.60. The van der Waals surface area contributed by atoms with E-state index in [0.717, 1.165) is 42.0 Å². The molecule has 44 heavy (non-hydrogen) atoms. The van der Waals surface area contributed by atoms with E-state index >= 15 is 0 Å².